The lowest BCUT2D eigenvalue weighted by molar-refractivity contribution is -0.125. The highest BCUT2D eigenvalue weighted by atomic mass is 32.2. The van der Waals surface area contributed by atoms with E-state index in [1.165, 1.54) is 16.4 Å². The van der Waals surface area contributed by atoms with Gasteiger partial charge in [-0.05, 0) is 37.1 Å². The average molecular weight is 324 g/mol. The number of halogens is 1. The standard InChI is InChI=1S/C15H17FN2O3S/c1-2-9-17-15(19)12-4-3-10-18(11-12)22(20,21)14-7-5-13(16)6-8-14/h1,5-8,12H,3-4,9-11H2,(H,17,19). The van der Waals surface area contributed by atoms with E-state index < -0.39 is 21.8 Å². The Morgan fingerprint density at radius 1 is 1.41 bits per heavy atom. The minimum Gasteiger partial charge on any atom is -0.345 e. The summed E-state index contributed by atoms with van der Waals surface area (Å²) < 4.78 is 39.2. The Hall–Kier alpha value is -1.91. The molecule has 0 saturated carbocycles. The summed E-state index contributed by atoms with van der Waals surface area (Å²) in [6.45, 7) is 0.578. The maximum absolute atomic E-state index is 12.9. The molecule has 1 atom stereocenters. The highest BCUT2D eigenvalue weighted by Gasteiger charge is 2.33. The predicted molar refractivity (Wildman–Crippen MR) is 79.7 cm³/mol. The van der Waals surface area contributed by atoms with Gasteiger partial charge in [-0.1, -0.05) is 5.92 Å². The van der Waals surface area contributed by atoms with Gasteiger partial charge in [-0.2, -0.15) is 4.31 Å². The Bertz CT molecular complexity index is 680. The third kappa shape index (κ3) is 3.64. The summed E-state index contributed by atoms with van der Waals surface area (Å²) in [6.07, 6.45) is 6.30. The van der Waals surface area contributed by atoms with Gasteiger partial charge < -0.3 is 5.32 Å². The molecule has 22 heavy (non-hydrogen) atoms. The zero-order valence-electron chi connectivity index (χ0n) is 12.0. The van der Waals surface area contributed by atoms with Crippen molar-refractivity contribution in [2.75, 3.05) is 19.6 Å². The number of hydrogen-bond acceptors (Lipinski definition) is 3. The summed E-state index contributed by atoms with van der Waals surface area (Å²) in [5.74, 6) is 1.16. The first-order chi connectivity index (χ1) is 10.4. The fraction of sp³-hybridized carbons (Fsp3) is 0.400. The summed E-state index contributed by atoms with van der Waals surface area (Å²) >= 11 is 0. The number of nitrogens with zero attached hydrogens (tertiary/aromatic N) is 1. The van der Waals surface area contributed by atoms with E-state index in [0.717, 1.165) is 12.1 Å². The predicted octanol–water partition coefficient (Wildman–Crippen LogP) is 0.976. The van der Waals surface area contributed by atoms with Crippen molar-refractivity contribution < 1.29 is 17.6 Å². The lowest BCUT2D eigenvalue weighted by Gasteiger charge is -2.31. The number of nitrogens with one attached hydrogen (secondary N) is 1. The van der Waals surface area contributed by atoms with Crippen LogP contribution in [0.2, 0.25) is 0 Å². The molecule has 0 aromatic heterocycles. The van der Waals surface area contributed by atoms with Crippen LogP contribution in [0.1, 0.15) is 12.8 Å². The molecule has 0 aliphatic carbocycles. The van der Waals surface area contributed by atoms with E-state index in [4.69, 9.17) is 6.42 Å². The van der Waals surface area contributed by atoms with Crippen molar-refractivity contribution in [1.82, 2.24) is 9.62 Å². The lowest BCUT2D eigenvalue weighted by atomic mass is 9.99. The highest BCUT2D eigenvalue weighted by molar-refractivity contribution is 7.89. The molecule has 7 heteroatoms. The zero-order chi connectivity index (χ0) is 16.2. The van der Waals surface area contributed by atoms with Gasteiger partial charge in [0, 0.05) is 13.1 Å². The van der Waals surface area contributed by atoms with Crippen molar-refractivity contribution >= 4 is 15.9 Å². The topological polar surface area (TPSA) is 66.5 Å². The Morgan fingerprint density at radius 2 is 2.09 bits per heavy atom. The monoisotopic (exact) mass is 324 g/mol. The zero-order valence-corrected chi connectivity index (χ0v) is 12.8. The molecular weight excluding hydrogens is 307 g/mol. The molecule has 0 radical (unpaired) electrons. The fourth-order valence-corrected chi connectivity index (χ4v) is 3.94. The minimum absolute atomic E-state index is 0.0265. The van der Waals surface area contributed by atoms with Crippen LogP contribution < -0.4 is 5.32 Å². The molecule has 1 aromatic rings. The molecule has 2 rings (SSSR count). The number of carbonyl (C=O) groups excluding carboxylic acids is 1. The molecule has 1 aliphatic heterocycles. The third-order valence-electron chi connectivity index (χ3n) is 3.57. The number of amides is 1. The van der Waals surface area contributed by atoms with E-state index in [1.54, 1.807) is 0 Å². The number of terminal acetylenes is 1. The summed E-state index contributed by atoms with van der Waals surface area (Å²) in [5.41, 5.74) is 0. The number of benzene rings is 1. The van der Waals surface area contributed by atoms with Crippen LogP contribution in [-0.2, 0) is 14.8 Å². The van der Waals surface area contributed by atoms with Gasteiger partial charge >= 0.3 is 0 Å². The second kappa shape index (κ2) is 6.90. The molecule has 1 saturated heterocycles. The molecule has 1 N–H and O–H groups in total. The van der Waals surface area contributed by atoms with E-state index in [9.17, 15) is 17.6 Å². The van der Waals surface area contributed by atoms with Gasteiger partial charge in [-0.25, -0.2) is 12.8 Å². The molecule has 1 aromatic carbocycles. The van der Waals surface area contributed by atoms with Gasteiger partial charge in [-0.15, -0.1) is 6.42 Å². The number of hydrogen-bond donors (Lipinski definition) is 1. The van der Waals surface area contributed by atoms with Crippen molar-refractivity contribution in [3.05, 3.63) is 30.1 Å². The second-order valence-corrected chi connectivity index (χ2v) is 7.02. The first-order valence-corrected chi connectivity index (χ1v) is 8.36. The Kier molecular flexibility index (Phi) is 5.16. The molecule has 5 nitrogen and oxygen atoms in total. The number of carbonyl (C=O) groups is 1. The van der Waals surface area contributed by atoms with Crippen LogP contribution in [0.25, 0.3) is 0 Å². The maximum Gasteiger partial charge on any atom is 0.243 e. The van der Waals surface area contributed by atoms with Gasteiger partial charge in [0.05, 0.1) is 17.4 Å². The van der Waals surface area contributed by atoms with Crippen LogP contribution in [0.4, 0.5) is 4.39 Å². The molecule has 1 fully saturated rings. The fourth-order valence-electron chi connectivity index (χ4n) is 2.41. The normalized spacial score (nSPS) is 19.4. The van der Waals surface area contributed by atoms with Gasteiger partial charge in [0.2, 0.25) is 15.9 Å². The van der Waals surface area contributed by atoms with E-state index >= 15 is 0 Å². The molecule has 1 unspecified atom stereocenters. The smallest absolute Gasteiger partial charge is 0.243 e. The van der Waals surface area contributed by atoms with Gasteiger partial charge in [-0.3, -0.25) is 4.79 Å². The molecule has 1 amide bonds. The van der Waals surface area contributed by atoms with Crippen LogP contribution in [0.15, 0.2) is 29.2 Å². The van der Waals surface area contributed by atoms with Crippen molar-refractivity contribution in [2.24, 2.45) is 5.92 Å². The van der Waals surface area contributed by atoms with E-state index in [1.807, 2.05) is 0 Å². The molecule has 1 aliphatic rings. The summed E-state index contributed by atoms with van der Waals surface area (Å²) in [5, 5.41) is 2.58. The van der Waals surface area contributed by atoms with E-state index in [-0.39, 0.29) is 23.9 Å². The SMILES string of the molecule is C#CCNC(=O)C1CCCN(S(=O)(=O)c2ccc(F)cc2)C1. The number of piperidine rings is 1. The van der Waals surface area contributed by atoms with Crippen molar-refractivity contribution in [3.8, 4) is 12.3 Å². The minimum atomic E-state index is -3.72. The quantitative estimate of drug-likeness (QED) is 0.840. The van der Waals surface area contributed by atoms with Gasteiger partial charge in [0.15, 0.2) is 0 Å². The van der Waals surface area contributed by atoms with Crippen molar-refractivity contribution in [3.63, 3.8) is 0 Å². The van der Waals surface area contributed by atoms with Crippen molar-refractivity contribution in [1.29, 1.82) is 0 Å². The summed E-state index contributed by atoms with van der Waals surface area (Å²) in [6, 6.07) is 4.67. The van der Waals surface area contributed by atoms with Crippen LogP contribution in [0.5, 0.6) is 0 Å². The number of sulfonamides is 1. The summed E-state index contributed by atoms with van der Waals surface area (Å²) in [4.78, 5) is 12.0. The number of rotatable bonds is 4. The second-order valence-electron chi connectivity index (χ2n) is 5.08. The van der Waals surface area contributed by atoms with Crippen molar-refractivity contribution in [2.45, 2.75) is 17.7 Å². The Balaban J connectivity index is 2.13. The summed E-state index contributed by atoms with van der Waals surface area (Å²) in [7, 11) is -3.72. The van der Waals surface area contributed by atoms with Crippen LogP contribution in [0, 0.1) is 24.1 Å². The first kappa shape index (κ1) is 16.5. The Morgan fingerprint density at radius 3 is 2.73 bits per heavy atom. The van der Waals surface area contributed by atoms with Crippen LogP contribution in [0.3, 0.4) is 0 Å². The lowest BCUT2D eigenvalue weighted by Crippen LogP contribution is -2.45. The molecule has 118 valence electrons. The largest absolute Gasteiger partial charge is 0.345 e. The van der Waals surface area contributed by atoms with Crippen LogP contribution in [-0.4, -0.2) is 38.3 Å². The Labute approximate surface area is 129 Å². The van der Waals surface area contributed by atoms with Gasteiger partial charge in [0.1, 0.15) is 5.82 Å². The maximum atomic E-state index is 12.9. The third-order valence-corrected chi connectivity index (χ3v) is 5.45. The first-order valence-electron chi connectivity index (χ1n) is 6.92. The van der Waals surface area contributed by atoms with Crippen LogP contribution >= 0.6 is 0 Å². The average Bonchev–Trinajstić information content (AvgIpc) is 2.53. The molecule has 0 spiro atoms. The van der Waals surface area contributed by atoms with E-state index in [2.05, 4.69) is 11.2 Å². The molecule has 0 bridgehead atoms. The van der Waals surface area contributed by atoms with Gasteiger partial charge in [0.25, 0.3) is 0 Å². The highest BCUT2D eigenvalue weighted by Crippen LogP contribution is 2.24. The molecular formula is C15H17FN2O3S. The van der Waals surface area contributed by atoms with E-state index in [0.29, 0.717) is 19.4 Å². The molecule has 1 heterocycles.